The lowest BCUT2D eigenvalue weighted by molar-refractivity contribution is 0.601. The Kier molecular flexibility index (Phi) is 4.84. The molecule has 0 fully saturated rings. The van der Waals surface area contributed by atoms with E-state index in [0.717, 1.165) is 0 Å². The third-order valence-electron chi connectivity index (χ3n) is 2.72. The summed E-state index contributed by atoms with van der Waals surface area (Å²) in [6, 6.07) is 10.5. The summed E-state index contributed by atoms with van der Waals surface area (Å²) in [7, 11) is -3.75. The Hall–Kier alpha value is -1.60. The number of nitrogens with one attached hydrogen (secondary N) is 2. The standard InChI is InChI=1S/C14H14BrFN2O2S/c1-2-17-13-5-3-4-6-14(13)21(19,20)18-10-7-8-12(16)11(15)9-10/h3-9,17-18H,2H2,1H3. The van der Waals surface area contributed by atoms with Crippen LogP contribution in [-0.4, -0.2) is 15.0 Å². The Balaban J connectivity index is 2.36. The van der Waals surface area contributed by atoms with Crippen molar-refractivity contribution in [1.82, 2.24) is 0 Å². The van der Waals surface area contributed by atoms with Gasteiger partial charge in [0, 0.05) is 6.54 Å². The van der Waals surface area contributed by atoms with E-state index in [4.69, 9.17) is 0 Å². The predicted octanol–water partition coefficient (Wildman–Crippen LogP) is 3.82. The van der Waals surface area contributed by atoms with E-state index in [1.807, 2.05) is 6.92 Å². The second kappa shape index (κ2) is 6.44. The Bertz CT molecular complexity index is 750. The van der Waals surface area contributed by atoms with Crippen molar-refractivity contribution in [3.05, 3.63) is 52.8 Å². The highest BCUT2D eigenvalue weighted by Crippen LogP contribution is 2.25. The Morgan fingerprint density at radius 1 is 1.19 bits per heavy atom. The van der Waals surface area contributed by atoms with Crippen LogP contribution < -0.4 is 10.0 Å². The number of halogens is 2. The number of anilines is 2. The van der Waals surface area contributed by atoms with Crippen molar-refractivity contribution in [3.8, 4) is 0 Å². The number of benzene rings is 2. The fourth-order valence-corrected chi connectivity index (χ4v) is 3.42. The Labute approximate surface area is 131 Å². The highest BCUT2D eigenvalue weighted by molar-refractivity contribution is 9.10. The zero-order valence-electron chi connectivity index (χ0n) is 11.2. The zero-order valence-corrected chi connectivity index (χ0v) is 13.6. The first-order valence-corrected chi connectivity index (χ1v) is 8.52. The van der Waals surface area contributed by atoms with Crippen molar-refractivity contribution in [2.24, 2.45) is 0 Å². The van der Waals surface area contributed by atoms with Crippen LogP contribution in [0.2, 0.25) is 0 Å². The van der Waals surface area contributed by atoms with Gasteiger partial charge in [0.1, 0.15) is 10.7 Å². The van der Waals surface area contributed by atoms with Gasteiger partial charge in [0.05, 0.1) is 15.8 Å². The molecule has 2 aromatic carbocycles. The van der Waals surface area contributed by atoms with Gasteiger partial charge in [0.15, 0.2) is 0 Å². The lowest BCUT2D eigenvalue weighted by Crippen LogP contribution is -2.15. The second-order valence-electron chi connectivity index (χ2n) is 4.26. The third-order valence-corrected chi connectivity index (χ3v) is 4.76. The number of hydrogen-bond donors (Lipinski definition) is 2. The van der Waals surface area contributed by atoms with Crippen molar-refractivity contribution in [2.45, 2.75) is 11.8 Å². The molecule has 0 aliphatic heterocycles. The smallest absolute Gasteiger partial charge is 0.263 e. The minimum absolute atomic E-state index is 0.146. The van der Waals surface area contributed by atoms with Crippen LogP contribution in [0.15, 0.2) is 51.8 Å². The first kappa shape index (κ1) is 15.8. The number of sulfonamides is 1. The van der Waals surface area contributed by atoms with Gasteiger partial charge < -0.3 is 5.32 Å². The first-order chi connectivity index (χ1) is 9.94. The molecule has 2 rings (SSSR count). The molecule has 112 valence electrons. The van der Waals surface area contributed by atoms with Crippen molar-refractivity contribution in [2.75, 3.05) is 16.6 Å². The summed E-state index contributed by atoms with van der Waals surface area (Å²) in [6.07, 6.45) is 0. The molecule has 2 aromatic rings. The molecule has 0 amide bonds. The molecule has 0 spiro atoms. The van der Waals surface area contributed by atoms with Crippen LogP contribution in [0.4, 0.5) is 15.8 Å². The molecular formula is C14H14BrFN2O2S. The third kappa shape index (κ3) is 3.74. The van der Waals surface area contributed by atoms with Gasteiger partial charge in [0.25, 0.3) is 10.0 Å². The van der Waals surface area contributed by atoms with Gasteiger partial charge >= 0.3 is 0 Å². The van der Waals surface area contributed by atoms with Gasteiger partial charge in [-0.2, -0.15) is 0 Å². The van der Waals surface area contributed by atoms with Gasteiger partial charge in [-0.15, -0.1) is 0 Å². The maximum Gasteiger partial charge on any atom is 0.263 e. The predicted molar refractivity (Wildman–Crippen MR) is 85.5 cm³/mol. The van der Waals surface area contributed by atoms with E-state index in [2.05, 4.69) is 26.0 Å². The minimum Gasteiger partial charge on any atom is -0.384 e. The first-order valence-electron chi connectivity index (χ1n) is 6.25. The van der Waals surface area contributed by atoms with E-state index in [0.29, 0.717) is 12.2 Å². The van der Waals surface area contributed by atoms with E-state index in [1.54, 1.807) is 18.2 Å². The molecule has 0 aliphatic carbocycles. The van der Waals surface area contributed by atoms with Gasteiger partial charge in [0.2, 0.25) is 0 Å². The van der Waals surface area contributed by atoms with Crippen LogP contribution in [-0.2, 0) is 10.0 Å². The lowest BCUT2D eigenvalue weighted by Gasteiger charge is -2.13. The molecule has 0 atom stereocenters. The Morgan fingerprint density at radius 3 is 2.57 bits per heavy atom. The van der Waals surface area contributed by atoms with Gasteiger partial charge in [-0.25, -0.2) is 12.8 Å². The molecule has 0 saturated carbocycles. The summed E-state index contributed by atoms with van der Waals surface area (Å²) in [5.41, 5.74) is 0.809. The zero-order chi connectivity index (χ0) is 15.5. The van der Waals surface area contributed by atoms with Crippen LogP contribution in [0.1, 0.15) is 6.92 Å². The van der Waals surface area contributed by atoms with Crippen molar-refractivity contribution < 1.29 is 12.8 Å². The molecule has 0 unspecified atom stereocenters. The molecule has 0 saturated heterocycles. The quantitative estimate of drug-likeness (QED) is 0.838. The van der Waals surface area contributed by atoms with E-state index < -0.39 is 15.8 Å². The lowest BCUT2D eigenvalue weighted by atomic mass is 10.3. The number of rotatable bonds is 5. The van der Waals surface area contributed by atoms with Crippen LogP contribution in [0.3, 0.4) is 0 Å². The molecular weight excluding hydrogens is 359 g/mol. The second-order valence-corrected chi connectivity index (χ2v) is 6.77. The van der Waals surface area contributed by atoms with E-state index in [-0.39, 0.29) is 15.1 Å². The monoisotopic (exact) mass is 372 g/mol. The molecule has 21 heavy (non-hydrogen) atoms. The average Bonchev–Trinajstić information content (AvgIpc) is 2.43. The van der Waals surface area contributed by atoms with E-state index in [1.165, 1.54) is 24.3 Å². The Morgan fingerprint density at radius 2 is 1.90 bits per heavy atom. The molecule has 0 aromatic heterocycles. The van der Waals surface area contributed by atoms with Crippen LogP contribution in [0.25, 0.3) is 0 Å². The molecule has 0 aliphatic rings. The number of hydrogen-bond acceptors (Lipinski definition) is 3. The molecule has 7 heteroatoms. The maximum absolute atomic E-state index is 13.2. The SMILES string of the molecule is CCNc1ccccc1S(=O)(=O)Nc1ccc(F)c(Br)c1. The molecule has 0 radical (unpaired) electrons. The van der Waals surface area contributed by atoms with Crippen LogP contribution in [0.5, 0.6) is 0 Å². The minimum atomic E-state index is -3.75. The van der Waals surface area contributed by atoms with Gasteiger partial charge in [-0.05, 0) is 53.2 Å². The highest BCUT2D eigenvalue weighted by Gasteiger charge is 2.18. The van der Waals surface area contributed by atoms with Gasteiger partial charge in [-0.1, -0.05) is 12.1 Å². The van der Waals surface area contributed by atoms with Crippen molar-refractivity contribution in [3.63, 3.8) is 0 Å². The largest absolute Gasteiger partial charge is 0.384 e. The fourth-order valence-electron chi connectivity index (χ4n) is 1.81. The van der Waals surface area contributed by atoms with Crippen LogP contribution in [0, 0.1) is 5.82 Å². The normalized spacial score (nSPS) is 11.2. The molecule has 2 N–H and O–H groups in total. The molecule has 0 heterocycles. The van der Waals surface area contributed by atoms with Crippen LogP contribution >= 0.6 is 15.9 Å². The van der Waals surface area contributed by atoms with E-state index >= 15 is 0 Å². The summed E-state index contributed by atoms with van der Waals surface area (Å²) in [4.78, 5) is 0.146. The van der Waals surface area contributed by atoms with Crippen molar-refractivity contribution in [1.29, 1.82) is 0 Å². The maximum atomic E-state index is 13.2. The summed E-state index contributed by atoms with van der Waals surface area (Å²) in [6.45, 7) is 2.49. The molecule has 0 bridgehead atoms. The molecule has 4 nitrogen and oxygen atoms in total. The fraction of sp³-hybridized carbons (Fsp3) is 0.143. The van der Waals surface area contributed by atoms with E-state index in [9.17, 15) is 12.8 Å². The summed E-state index contributed by atoms with van der Waals surface area (Å²) >= 11 is 3.03. The highest BCUT2D eigenvalue weighted by atomic mass is 79.9. The van der Waals surface area contributed by atoms with Crippen molar-refractivity contribution >= 4 is 37.3 Å². The summed E-state index contributed by atoms with van der Waals surface area (Å²) in [5.74, 6) is -0.453. The van der Waals surface area contributed by atoms with Gasteiger partial charge in [-0.3, -0.25) is 4.72 Å². The summed E-state index contributed by atoms with van der Waals surface area (Å²) < 4.78 is 40.7. The topological polar surface area (TPSA) is 58.2 Å². The average molecular weight is 373 g/mol. The number of para-hydroxylation sites is 1. The summed E-state index contributed by atoms with van der Waals surface area (Å²) in [5, 5.41) is 3.00.